The van der Waals surface area contributed by atoms with Gasteiger partial charge in [-0.25, -0.2) is 0 Å². The van der Waals surface area contributed by atoms with Crippen molar-refractivity contribution in [3.8, 4) is 0 Å². The van der Waals surface area contributed by atoms with Gasteiger partial charge in [-0.15, -0.1) is 0 Å². The normalized spacial score (nSPS) is 10.4. The van der Waals surface area contributed by atoms with Crippen molar-refractivity contribution in [2.24, 2.45) is 0 Å². The van der Waals surface area contributed by atoms with Crippen LogP contribution in [0.15, 0.2) is 84.9 Å². The first-order valence-electron chi connectivity index (χ1n) is 7.81. The first-order valence-corrected chi connectivity index (χ1v) is 7.81. The van der Waals surface area contributed by atoms with Crippen molar-refractivity contribution in [2.75, 3.05) is 5.32 Å². The summed E-state index contributed by atoms with van der Waals surface area (Å²) in [5.41, 5.74) is 5.27. The number of anilines is 1. The lowest BCUT2D eigenvalue weighted by atomic mass is 10.0. The van der Waals surface area contributed by atoms with Gasteiger partial charge >= 0.3 is 0 Å². The molecule has 0 bridgehead atoms. The Morgan fingerprint density at radius 2 is 1.00 bits per heavy atom. The first-order chi connectivity index (χ1) is 10.9. The highest BCUT2D eigenvalue weighted by Crippen LogP contribution is 2.11. The van der Waals surface area contributed by atoms with Crippen LogP contribution in [0.3, 0.4) is 0 Å². The molecule has 0 unspecified atom stereocenters. The summed E-state index contributed by atoms with van der Waals surface area (Å²) in [6.07, 6.45) is 2.19. The van der Waals surface area contributed by atoms with Gasteiger partial charge in [0.05, 0.1) is 0 Å². The predicted octanol–water partition coefficient (Wildman–Crippen LogP) is 5.08. The first kappa shape index (κ1) is 14.4. The quantitative estimate of drug-likeness (QED) is 0.666. The van der Waals surface area contributed by atoms with Crippen LogP contribution in [-0.4, -0.2) is 0 Å². The van der Waals surface area contributed by atoms with E-state index in [2.05, 4.69) is 84.2 Å². The molecule has 0 aliphatic heterocycles. The van der Waals surface area contributed by atoms with E-state index in [1.54, 1.807) is 0 Å². The fraction of sp³-hybridized carbons (Fsp3) is 0.143. The molecule has 0 amide bonds. The number of hydrogen-bond donors (Lipinski definition) is 1. The standard InChI is InChI=1S/C21H21N/c1-3-7-18(8-4-1)11-12-19-13-15-20(16-14-19)17-22-21-9-5-2-6-10-21/h1-10,13-16,22H,11-12,17H2. The molecule has 1 nitrogen and oxygen atoms in total. The molecule has 22 heavy (non-hydrogen) atoms. The number of aryl methyl sites for hydroxylation is 2. The van der Waals surface area contributed by atoms with Crippen LogP contribution in [0.1, 0.15) is 16.7 Å². The molecule has 3 aromatic carbocycles. The van der Waals surface area contributed by atoms with Crippen LogP contribution in [0.5, 0.6) is 0 Å². The molecule has 1 N–H and O–H groups in total. The van der Waals surface area contributed by atoms with Crippen LogP contribution in [0.4, 0.5) is 5.69 Å². The summed E-state index contributed by atoms with van der Waals surface area (Å²) in [6, 6.07) is 29.9. The van der Waals surface area contributed by atoms with E-state index in [1.807, 2.05) is 6.07 Å². The summed E-state index contributed by atoms with van der Waals surface area (Å²) in [7, 11) is 0. The Labute approximate surface area is 132 Å². The third kappa shape index (κ3) is 4.23. The number of hydrogen-bond acceptors (Lipinski definition) is 1. The highest BCUT2D eigenvalue weighted by atomic mass is 14.9. The Bertz CT molecular complexity index is 610. The van der Waals surface area contributed by atoms with Crippen molar-refractivity contribution in [1.82, 2.24) is 0 Å². The molecule has 0 aliphatic carbocycles. The SMILES string of the molecule is c1ccc(CCc2ccc(CNc3ccccc3)cc2)cc1. The predicted molar refractivity (Wildman–Crippen MR) is 94.1 cm³/mol. The van der Waals surface area contributed by atoms with Crippen molar-refractivity contribution < 1.29 is 0 Å². The maximum atomic E-state index is 3.44. The maximum absolute atomic E-state index is 3.44. The summed E-state index contributed by atoms with van der Waals surface area (Å²) in [4.78, 5) is 0. The van der Waals surface area contributed by atoms with Gasteiger partial charge in [0.1, 0.15) is 0 Å². The fourth-order valence-corrected chi connectivity index (χ4v) is 2.52. The van der Waals surface area contributed by atoms with Gasteiger partial charge in [-0.05, 0) is 41.7 Å². The monoisotopic (exact) mass is 287 g/mol. The van der Waals surface area contributed by atoms with Crippen molar-refractivity contribution in [3.05, 3.63) is 102 Å². The van der Waals surface area contributed by atoms with E-state index in [-0.39, 0.29) is 0 Å². The minimum Gasteiger partial charge on any atom is -0.381 e. The van der Waals surface area contributed by atoms with E-state index in [9.17, 15) is 0 Å². The minimum absolute atomic E-state index is 0.864. The third-order valence-electron chi connectivity index (χ3n) is 3.84. The zero-order chi connectivity index (χ0) is 15.0. The second kappa shape index (κ2) is 7.46. The molecule has 0 saturated carbocycles. The van der Waals surface area contributed by atoms with E-state index in [1.165, 1.54) is 16.7 Å². The molecule has 0 spiro atoms. The van der Waals surface area contributed by atoms with Crippen LogP contribution in [0.2, 0.25) is 0 Å². The van der Waals surface area contributed by atoms with E-state index in [0.29, 0.717) is 0 Å². The van der Waals surface area contributed by atoms with Crippen molar-refractivity contribution in [3.63, 3.8) is 0 Å². The Balaban J connectivity index is 1.52. The summed E-state index contributed by atoms with van der Waals surface area (Å²) in [6.45, 7) is 0.864. The molecule has 0 aliphatic rings. The smallest absolute Gasteiger partial charge is 0.0400 e. The summed E-state index contributed by atoms with van der Waals surface area (Å²) >= 11 is 0. The van der Waals surface area contributed by atoms with E-state index in [4.69, 9.17) is 0 Å². The lowest BCUT2D eigenvalue weighted by molar-refractivity contribution is 0.957. The average Bonchev–Trinajstić information content (AvgIpc) is 2.61. The zero-order valence-electron chi connectivity index (χ0n) is 12.7. The molecule has 0 radical (unpaired) electrons. The van der Waals surface area contributed by atoms with Crippen molar-refractivity contribution in [1.29, 1.82) is 0 Å². The highest BCUT2D eigenvalue weighted by molar-refractivity contribution is 5.43. The molecule has 110 valence electrons. The number of nitrogens with one attached hydrogen (secondary N) is 1. The van der Waals surface area contributed by atoms with E-state index < -0.39 is 0 Å². The van der Waals surface area contributed by atoms with Gasteiger partial charge in [-0.1, -0.05) is 72.8 Å². The van der Waals surface area contributed by atoms with Crippen LogP contribution in [0, 0.1) is 0 Å². The van der Waals surface area contributed by atoms with Crippen LogP contribution in [0.25, 0.3) is 0 Å². The second-order valence-electron chi connectivity index (χ2n) is 5.52. The van der Waals surface area contributed by atoms with Gasteiger partial charge in [-0.3, -0.25) is 0 Å². The summed E-state index contributed by atoms with van der Waals surface area (Å²) in [5, 5.41) is 3.44. The third-order valence-corrected chi connectivity index (χ3v) is 3.84. The summed E-state index contributed by atoms with van der Waals surface area (Å²) in [5.74, 6) is 0. The average molecular weight is 287 g/mol. The minimum atomic E-state index is 0.864. The molecular formula is C21H21N. The van der Waals surface area contributed by atoms with Gasteiger partial charge in [-0.2, -0.15) is 0 Å². The van der Waals surface area contributed by atoms with E-state index >= 15 is 0 Å². The number of para-hydroxylation sites is 1. The van der Waals surface area contributed by atoms with Gasteiger partial charge in [0.25, 0.3) is 0 Å². The fourth-order valence-electron chi connectivity index (χ4n) is 2.52. The summed E-state index contributed by atoms with van der Waals surface area (Å²) < 4.78 is 0. The lowest BCUT2D eigenvalue weighted by Gasteiger charge is -2.07. The number of rotatable bonds is 6. The largest absolute Gasteiger partial charge is 0.381 e. The molecule has 0 heterocycles. The molecule has 0 atom stereocenters. The zero-order valence-corrected chi connectivity index (χ0v) is 12.7. The van der Waals surface area contributed by atoms with Gasteiger partial charge in [0, 0.05) is 12.2 Å². The topological polar surface area (TPSA) is 12.0 Å². The molecule has 0 aromatic heterocycles. The highest BCUT2D eigenvalue weighted by Gasteiger charge is 1.97. The molecule has 0 fully saturated rings. The van der Waals surface area contributed by atoms with Gasteiger partial charge in [0.2, 0.25) is 0 Å². The molecule has 3 rings (SSSR count). The second-order valence-corrected chi connectivity index (χ2v) is 5.52. The molecular weight excluding hydrogens is 266 g/mol. The van der Waals surface area contributed by atoms with Gasteiger partial charge < -0.3 is 5.32 Å². The number of benzene rings is 3. The van der Waals surface area contributed by atoms with Gasteiger partial charge in [0.15, 0.2) is 0 Å². The van der Waals surface area contributed by atoms with Crippen LogP contribution < -0.4 is 5.32 Å². The van der Waals surface area contributed by atoms with Crippen LogP contribution >= 0.6 is 0 Å². The van der Waals surface area contributed by atoms with Crippen LogP contribution in [-0.2, 0) is 19.4 Å². The van der Waals surface area contributed by atoms with E-state index in [0.717, 1.165) is 25.1 Å². The molecule has 0 saturated heterocycles. The van der Waals surface area contributed by atoms with Crippen molar-refractivity contribution >= 4 is 5.69 Å². The molecule has 3 aromatic rings. The maximum Gasteiger partial charge on any atom is 0.0400 e. The Hall–Kier alpha value is -2.54. The Morgan fingerprint density at radius 3 is 1.64 bits per heavy atom. The Morgan fingerprint density at radius 1 is 0.500 bits per heavy atom. The Kier molecular flexibility index (Phi) is 4.88. The van der Waals surface area contributed by atoms with Crippen molar-refractivity contribution in [2.45, 2.75) is 19.4 Å². The molecule has 1 heteroatoms. The lowest BCUT2D eigenvalue weighted by Crippen LogP contribution is -1.99.